The van der Waals surface area contributed by atoms with Crippen molar-refractivity contribution < 1.29 is 9.90 Å². The second-order valence-corrected chi connectivity index (χ2v) is 2.47. The van der Waals surface area contributed by atoms with Crippen LogP contribution in [-0.2, 0) is 4.79 Å². The monoisotopic (exact) mass is 138 g/mol. The number of rotatable bonds is 2. The van der Waals surface area contributed by atoms with Crippen molar-refractivity contribution in [3.63, 3.8) is 0 Å². The van der Waals surface area contributed by atoms with Gasteiger partial charge in [-0.2, -0.15) is 0 Å². The minimum absolute atomic E-state index is 0.188. The van der Waals surface area contributed by atoms with E-state index in [0.717, 1.165) is 6.29 Å². The summed E-state index contributed by atoms with van der Waals surface area (Å²) < 4.78 is 0. The van der Waals surface area contributed by atoms with Crippen molar-refractivity contribution in [3.05, 3.63) is 24.3 Å². The summed E-state index contributed by atoms with van der Waals surface area (Å²) in [5.74, 6) is 0. The summed E-state index contributed by atoms with van der Waals surface area (Å²) in [7, 11) is 0. The largest absolute Gasteiger partial charge is 0.385 e. The number of carbonyl (C=O) groups excluding carboxylic acids is 1. The van der Waals surface area contributed by atoms with Gasteiger partial charge < -0.3 is 9.90 Å². The van der Waals surface area contributed by atoms with E-state index in [2.05, 4.69) is 0 Å². The van der Waals surface area contributed by atoms with E-state index in [1.165, 1.54) is 0 Å². The van der Waals surface area contributed by atoms with Gasteiger partial charge in [-0.15, -0.1) is 0 Å². The number of allylic oxidation sites excluding steroid dienone is 2. The molecule has 54 valence electrons. The third-order valence-electron chi connectivity index (χ3n) is 1.56. The molecule has 0 fully saturated rings. The maximum atomic E-state index is 10.1. The first-order valence-electron chi connectivity index (χ1n) is 3.27. The highest BCUT2D eigenvalue weighted by Gasteiger charge is 2.21. The molecule has 0 saturated carbocycles. The lowest BCUT2D eigenvalue weighted by Gasteiger charge is -2.21. The first-order chi connectivity index (χ1) is 4.77. The second kappa shape index (κ2) is 2.80. The molecule has 0 bridgehead atoms. The third kappa shape index (κ3) is 1.54. The molecule has 1 aliphatic rings. The quantitative estimate of drug-likeness (QED) is 0.574. The molecule has 1 unspecified atom stereocenters. The molecular formula is C8H10O2. The minimum atomic E-state index is -0.906. The number of hydrogen-bond acceptors (Lipinski definition) is 2. The number of hydrogen-bond donors (Lipinski definition) is 1. The van der Waals surface area contributed by atoms with Crippen LogP contribution in [0.2, 0.25) is 0 Å². The van der Waals surface area contributed by atoms with Crippen molar-refractivity contribution in [2.45, 2.75) is 18.4 Å². The molecule has 0 radical (unpaired) electrons. The van der Waals surface area contributed by atoms with E-state index in [-0.39, 0.29) is 6.42 Å². The van der Waals surface area contributed by atoms with E-state index >= 15 is 0 Å². The van der Waals surface area contributed by atoms with Gasteiger partial charge in [0, 0.05) is 6.42 Å². The van der Waals surface area contributed by atoms with Crippen LogP contribution in [0.15, 0.2) is 24.3 Å². The Hall–Kier alpha value is -0.890. The fourth-order valence-corrected chi connectivity index (χ4v) is 0.949. The lowest BCUT2D eigenvalue weighted by Crippen LogP contribution is -2.26. The van der Waals surface area contributed by atoms with Gasteiger partial charge in [0.2, 0.25) is 0 Å². The van der Waals surface area contributed by atoms with Gasteiger partial charge in [-0.05, 0) is 6.42 Å². The average Bonchev–Trinajstić information content (AvgIpc) is 1.89. The lowest BCUT2D eigenvalue weighted by molar-refractivity contribution is -0.110. The van der Waals surface area contributed by atoms with Gasteiger partial charge in [0.15, 0.2) is 0 Å². The Bertz CT molecular complexity index is 178. The van der Waals surface area contributed by atoms with E-state index in [1.54, 1.807) is 12.2 Å². The van der Waals surface area contributed by atoms with Crippen LogP contribution in [0, 0.1) is 0 Å². The van der Waals surface area contributed by atoms with Crippen LogP contribution in [0.25, 0.3) is 0 Å². The van der Waals surface area contributed by atoms with Crippen LogP contribution in [0.3, 0.4) is 0 Å². The van der Waals surface area contributed by atoms with Gasteiger partial charge in [-0.25, -0.2) is 0 Å². The molecule has 0 amide bonds. The normalized spacial score (nSPS) is 30.5. The second-order valence-electron chi connectivity index (χ2n) is 2.47. The average molecular weight is 138 g/mol. The standard InChI is InChI=1S/C8H10O2/c9-7-6-8(10)4-2-1-3-5-8/h1-4,7,10H,5-6H2. The van der Waals surface area contributed by atoms with Crippen molar-refractivity contribution in [3.8, 4) is 0 Å². The van der Waals surface area contributed by atoms with Crippen molar-refractivity contribution in [2.75, 3.05) is 0 Å². The lowest BCUT2D eigenvalue weighted by atomic mass is 9.93. The van der Waals surface area contributed by atoms with E-state index in [9.17, 15) is 9.90 Å². The van der Waals surface area contributed by atoms with Crippen LogP contribution in [0.1, 0.15) is 12.8 Å². The van der Waals surface area contributed by atoms with Crippen LogP contribution >= 0.6 is 0 Å². The van der Waals surface area contributed by atoms with E-state index in [1.807, 2.05) is 12.2 Å². The highest BCUT2D eigenvalue weighted by Crippen LogP contribution is 2.19. The van der Waals surface area contributed by atoms with Crippen LogP contribution < -0.4 is 0 Å². The predicted molar refractivity (Wildman–Crippen MR) is 38.5 cm³/mol. The zero-order valence-corrected chi connectivity index (χ0v) is 5.66. The maximum Gasteiger partial charge on any atom is 0.123 e. The summed E-state index contributed by atoms with van der Waals surface area (Å²) in [6.45, 7) is 0. The van der Waals surface area contributed by atoms with Crippen molar-refractivity contribution in [1.29, 1.82) is 0 Å². The topological polar surface area (TPSA) is 37.3 Å². The molecule has 1 aliphatic carbocycles. The summed E-state index contributed by atoms with van der Waals surface area (Å²) in [5, 5.41) is 9.50. The fourth-order valence-electron chi connectivity index (χ4n) is 0.949. The van der Waals surface area contributed by atoms with E-state index in [0.29, 0.717) is 6.42 Å². The molecule has 0 aromatic heterocycles. The molecule has 2 heteroatoms. The number of carbonyl (C=O) groups is 1. The molecule has 2 nitrogen and oxygen atoms in total. The van der Waals surface area contributed by atoms with Gasteiger partial charge in [0.1, 0.15) is 6.29 Å². The SMILES string of the molecule is O=CCC1(O)C=CC=CC1. The Morgan fingerprint density at radius 1 is 1.60 bits per heavy atom. The van der Waals surface area contributed by atoms with Gasteiger partial charge in [-0.1, -0.05) is 24.3 Å². The summed E-state index contributed by atoms with van der Waals surface area (Å²) in [5.41, 5.74) is -0.906. The summed E-state index contributed by atoms with van der Waals surface area (Å²) in [4.78, 5) is 10.1. The van der Waals surface area contributed by atoms with Gasteiger partial charge in [0.05, 0.1) is 5.60 Å². The Morgan fingerprint density at radius 3 is 2.90 bits per heavy atom. The molecule has 0 aromatic carbocycles. The van der Waals surface area contributed by atoms with E-state index in [4.69, 9.17) is 0 Å². The molecule has 1 atom stereocenters. The smallest absolute Gasteiger partial charge is 0.123 e. The van der Waals surface area contributed by atoms with Crippen LogP contribution in [0.5, 0.6) is 0 Å². The Kier molecular flexibility index (Phi) is 2.02. The zero-order valence-electron chi connectivity index (χ0n) is 5.66. The molecule has 0 heterocycles. The van der Waals surface area contributed by atoms with Crippen LogP contribution in [0.4, 0.5) is 0 Å². The highest BCUT2D eigenvalue weighted by atomic mass is 16.3. The number of aliphatic hydroxyl groups is 1. The molecule has 0 spiro atoms. The molecule has 1 rings (SSSR count). The molecule has 10 heavy (non-hydrogen) atoms. The molecule has 0 aromatic rings. The van der Waals surface area contributed by atoms with Crippen molar-refractivity contribution >= 4 is 6.29 Å². The zero-order chi connectivity index (χ0) is 7.45. The van der Waals surface area contributed by atoms with Gasteiger partial charge in [-0.3, -0.25) is 0 Å². The summed E-state index contributed by atoms with van der Waals surface area (Å²) in [6.07, 6.45) is 8.59. The Morgan fingerprint density at radius 2 is 2.40 bits per heavy atom. The molecular weight excluding hydrogens is 128 g/mol. The van der Waals surface area contributed by atoms with E-state index < -0.39 is 5.60 Å². The third-order valence-corrected chi connectivity index (χ3v) is 1.56. The fraction of sp³-hybridized carbons (Fsp3) is 0.375. The van der Waals surface area contributed by atoms with Gasteiger partial charge >= 0.3 is 0 Å². The molecule has 0 aliphatic heterocycles. The Labute approximate surface area is 59.9 Å². The summed E-state index contributed by atoms with van der Waals surface area (Å²) >= 11 is 0. The first kappa shape index (κ1) is 7.22. The summed E-state index contributed by atoms with van der Waals surface area (Å²) in [6, 6.07) is 0. The van der Waals surface area contributed by atoms with Gasteiger partial charge in [0.25, 0.3) is 0 Å². The molecule has 0 saturated heterocycles. The highest BCUT2D eigenvalue weighted by molar-refractivity contribution is 5.52. The maximum absolute atomic E-state index is 10.1. The predicted octanol–water partition coefficient (Wildman–Crippen LogP) is 0.823. The van der Waals surface area contributed by atoms with Crippen molar-refractivity contribution in [1.82, 2.24) is 0 Å². The molecule has 1 N–H and O–H groups in total. The van der Waals surface area contributed by atoms with Crippen LogP contribution in [-0.4, -0.2) is 17.0 Å². The Balaban J connectivity index is 2.60. The van der Waals surface area contributed by atoms with Crippen molar-refractivity contribution in [2.24, 2.45) is 0 Å². The number of aldehydes is 1. The minimum Gasteiger partial charge on any atom is -0.385 e. The first-order valence-corrected chi connectivity index (χ1v) is 3.27.